The number of sulfonamides is 1. The minimum Gasteiger partial charge on any atom is -0.493 e. The van der Waals surface area contributed by atoms with E-state index in [1.807, 2.05) is 0 Å². The van der Waals surface area contributed by atoms with Crippen molar-refractivity contribution < 1.29 is 35.9 Å². The molecule has 0 amide bonds. The van der Waals surface area contributed by atoms with Crippen LogP contribution in [0.2, 0.25) is 0 Å². The lowest BCUT2D eigenvalue weighted by molar-refractivity contribution is -0.0467. The van der Waals surface area contributed by atoms with Crippen LogP contribution < -0.4 is 9.46 Å². The Morgan fingerprint density at radius 2 is 1.96 bits per heavy atom. The molecule has 2 unspecified atom stereocenters. The van der Waals surface area contributed by atoms with Gasteiger partial charge in [-0.1, -0.05) is 0 Å². The summed E-state index contributed by atoms with van der Waals surface area (Å²) in [7, 11) is -5.43. The molecule has 0 bridgehead atoms. The van der Waals surface area contributed by atoms with Crippen molar-refractivity contribution in [2.75, 3.05) is 19.8 Å². The first-order valence-corrected chi connectivity index (χ1v) is 8.98. The molecule has 1 heterocycles. The van der Waals surface area contributed by atoms with Crippen LogP contribution in [-0.4, -0.2) is 45.6 Å². The second-order valence-electron chi connectivity index (χ2n) is 5.69. The minimum absolute atomic E-state index is 0.0234. The van der Waals surface area contributed by atoms with Gasteiger partial charge in [-0.2, -0.15) is 13.2 Å². The van der Waals surface area contributed by atoms with Crippen LogP contribution in [0.5, 0.6) is 5.75 Å². The Morgan fingerprint density at radius 1 is 1.32 bits per heavy atom. The van der Waals surface area contributed by atoms with E-state index in [0.717, 1.165) is 0 Å². The molecular formula is C15H18F3NO5S. The summed E-state index contributed by atoms with van der Waals surface area (Å²) < 4.78 is 72.6. The summed E-state index contributed by atoms with van der Waals surface area (Å²) in [5, 5.41) is 0. The highest BCUT2D eigenvalue weighted by Crippen LogP contribution is 2.25. The Morgan fingerprint density at radius 3 is 2.52 bits per heavy atom. The van der Waals surface area contributed by atoms with Gasteiger partial charge < -0.3 is 9.47 Å². The lowest BCUT2D eigenvalue weighted by atomic mass is 9.98. The van der Waals surface area contributed by atoms with E-state index in [1.165, 1.54) is 6.92 Å². The fourth-order valence-corrected chi connectivity index (χ4v) is 3.21. The molecule has 140 valence electrons. The normalized spacial score (nSPS) is 21.8. The van der Waals surface area contributed by atoms with Crippen LogP contribution in [0.4, 0.5) is 13.2 Å². The number of nitrogens with one attached hydrogen (secondary N) is 1. The summed E-state index contributed by atoms with van der Waals surface area (Å²) in [6.07, 6.45) is 0.118. The van der Waals surface area contributed by atoms with Gasteiger partial charge in [-0.15, -0.1) is 0 Å². The van der Waals surface area contributed by atoms with Gasteiger partial charge in [-0.3, -0.25) is 4.79 Å². The third-order valence-electron chi connectivity index (χ3n) is 3.81. The number of carbonyl (C=O) groups excluding carboxylic acids is 1. The molecule has 2 rings (SSSR count). The molecule has 10 heteroatoms. The van der Waals surface area contributed by atoms with Crippen molar-refractivity contribution in [3.05, 3.63) is 29.8 Å². The molecular weight excluding hydrogens is 363 g/mol. The zero-order chi connectivity index (χ0) is 18.7. The number of hydrogen-bond acceptors (Lipinski definition) is 5. The fourth-order valence-electron chi connectivity index (χ4n) is 2.37. The molecule has 1 aromatic rings. The highest BCUT2D eigenvalue weighted by molar-refractivity contribution is 7.90. The van der Waals surface area contributed by atoms with Crippen molar-refractivity contribution >= 4 is 15.8 Å². The van der Waals surface area contributed by atoms with Gasteiger partial charge in [-0.05, 0) is 37.6 Å². The molecule has 1 aromatic carbocycles. The summed E-state index contributed by atoms with van der Waals surface area (Å²) in [4.78, 5) is 11.2. The average molecular weight is 381 g/mol. The predicted octanol–water partition coefficient (Wildman–Crippen LogP) is 2.11. The zero-order valence-electron chi connectivity index (χ0n) is 13.4. The van der Waals surface area contributed by atoms with Crippen molar-refractivity contribution in [2.45, 2.75) is 24.9 Å². The van der Waals surface area contributed by atoms with Crippen LogP contribution in [0, 0.1) is 5.92 Å². The molecule has 1 aliphatic heterocycles. The first-order valence-electron chi connectivity index (χ1n) is 7.50. The largest absolute Gasteiger partial charge is 0.511 e. The summed E-state index contributed by atoms with van der Waals surface area (Å²) in [5.41, 5.74) is -4.86. The van der Waals surface area contributed by atoms with Crippen LogP contribution in [-0.2, 0) is 14.8 Å². The van der Waals surface area contributed by atoms with Gasteiger partial charge in [0.15, 0.2) is 5.78 Å². The van der Waals surface area contributed by atoms with Crippen molar-refractivity contribution in [1.82, 2.24) is 4.72 Å². The highest BCUT2D eigenvalue weighted by atomic mass is 32.2. The van der Waals surface area contributed by atoms with E-state index < -0.39 is 27.5 Å². The average Bonchev–Trinajstić information content (AvgIpc) is 2.53. The fraction of sp³-hybridized carbons (Fsp3) is 0.533. The van der Waals surface area contributed by atoms with Crippen LogP contribution in [0.1, 0.15) is 23.7 Å². The number of rotatable bonds is 6. The molecule has 0 aliphatic carbocycles. The Labute approximate surface area is 143 Å². The summed E-state index contributed by atoms with van der Waals surface area (Å²) in [5.74, 6) is -0.250. The SMILES string of the molecule is CC(=O)c1ccc(OCC2COCCC2NS(=O)(=O)C(F)(F)F)cc1. The van der Waals surface area contributed by atoms with Crippen molar-refractivity contribution in [1.29, 1.82) is 0 Å². The van der Waals surface area contributed by atoms with E-state index in [4.69, 9.17) is 9.47 Å². The third-order valence-corrected chi connectivity index (χ3v) is 5.03. The maximum Gasteiger partial charge on any atom is 0.511 e. The zero-order valence-corrected chi connectivity index (χ0v) is 14.2. The maximum absolute atomic E-state index is 12.5. The number of benzene rings is 1. The number of hydrogen-bond donors (Lipinski definition) is 1. The monoisotopic (exact) mass is 381 g/mol. The van der Waals surface area contributed by atoms with Crippen LogP contribution in [0.25, 0.3) is 0 Å². The Bertz CT molecular complexity index is 703. The number of ketones is 1. The third kappa shape index (κ3) is 5.16. The number of ether oxygens (including phenoxy) is 2. The van der Waals surface area contributed by atoms with Crippen molar-refractivity contribution in [3.8, 4) is 5.75 Å². The van der Waals surface area contributed by atoms with Gasteiger partial charge in [-0.25, -0.2) is 13.1 Å². The van der Waals surface area contributed by atoms with Gasteiger partial charge in [0.1, 0.15) is 5.75 Å². The second-order valence-corrected chi connectivity index (χ2v) is 7.39. The Hall–Kier alpha value is -1.65. The Balaban J connectivity index is 2.00. The minimum atomic E-state index is -5.43. The van der Waals surface area contributed by atoms with Gasteiger partial charge in [0, 0.05) is 24.1 Å². The quantitative estimate of drug-likeness (QED) is 0.764. The molecule has 0 radical (unpaired) electrons. The summed E-state index contributed by atoms with van der Waals surface area (Å²) in [6, 6.07) is 5.33. The first kappa shape index (κ1) is 19.7. The van der Waals surface area contributed by atoms with Gasteiger partial charge in [0.05, 0.1) is 13.2 Å². The van der Waals surface area contributed by atoms with Gasteiger partial charge in [0.2, 0.25) is 0 Å². The maximum atomic E-state index is 12.5. The van der Waals surface area contributed by atoms with Crippen LogP contribution >= 0.6 is 0 Å². The highest BCUT2D eigenvalue weighted by Gasteiger charge is 2.48. The number of Topliss-reactive ketones (excluding diaryl/α,β-unsaturated/α-hetero) is 1. The van der Waals surface area contributed by atoms with E-state index in [0.29, 0.717) is 11.3 Å². The molecule has 1 aliphatic rings. The molecule has 0 aromatic heterocycles. The first-order chi connectivity index (χ1) is 11.6. The van der Waals surface area contributed by atoms with Crippen molar-refractivity contribution in [2.24, 2.45) is 5.92 Å². The van der Waals surface area contributed by atoms with Crippen LogP contribution in [0.15, 0.2) is 24.3 Å². The van der Waals surface area contributed by atoms with Crippen LogP contribution in [0.3, 0.4) is 0 Å². The Kier molecular flexibility index (Phi) is 6.07. The van der Waals surface area contributed by atoms with E-state index >= 15 is 0 Å². The summed E-state index contributed by atoms with van der Waals surface area (Å²) >= 11 is 0. The summed E-state index contributed by atoms with van der Waals surface area (Å²) in [6.45, 7) is 1.64. The second kappa shape index (κ2) is 7.71. The van der Waals surface area contributed by atoms with E-state index in [-0.39, 0.29) is 32.0 Å². The van der Waals surface area contributed by atoms with E-state index in [9.17, 15) is 26.4 Å². The smallest absolute Gasteiger partial charge is 0.493 e. The van der Waals surface area contributed by atoms with Crippen molar-refractivity contribution in [3.63, 3.8) is 0 Å². The number of alkyl halides is 3. The van der Waals surface area contributed by atoms with Gasteiger partial charge >= 0.3 is 15.5 Å². The molecule has 1 saturated heterocycles. The van der Waals surface area contributed by atoms with Gasteiger partial charge in [0.25, 0.3) is 0 Å². The molecule has 6 nitrogen and oxygen atoms in total. The molecule has 1 fully saturated rings. The number of halogens is 3. The lowest BCUT2D eigenvalue weighted by Crippen LogP contribution is -2.50. The van der Waals surface area contributed by atoms with E-state index in [1.54, 1.807) is 29.0 Å². The molecule has 1 N–H and O–H groups in total. The predicted molar refractivity (Wildman–Crippen MR) is 82.8 cm³/mol. The number of carbonyl (C=O) groups is 1. The molecule has 0 saturated carbocycles. The lowest BCUT2D eigenvalue weighted by Gasteiger charge is -2.31. The molecule has 25 heavy (non-hydrogen) atoms. The van der Waals surface area contributed by atoms with E-state index in [2.05, 4.69) is 0 Å². The topological polar surface area (TPSA) is 81.7 Å². The standard InChI is InChI=1S/C15H18F3NO5S/c1-10(20)11-2-4-13(5-3-11)24-9-12-8-23-7-6-14(12)19-25(21,22)15(16,17)18/h2-5,12,14,19H,6-9H2,1H3. The molecule has 0 spiro atoms. The molecule has 2 atom stereocenters.